The van der Waals surface area contributed by atoms with E-state index in [1.165, 1.54) is 0 Å². The Balaban J connectivity index is 2.41. The number of hydrogen-bond acceptors (Lipinski definition) is 3. The van der Waals surface area contributed by atoms with Gasteiger partial charge in [-0.1, -0.05) is 12.1 Å². The van der Waals surface area contributed by atoms with Gasteiger partial charge in [-0.15, -0.1) is 0 Å². The summed E-state index contributed by atoms with van der Waals surface area (Å²) in [6.07, 6.45) is -4.29. The number of alkyl halides is 3. The molecule has 0 aliphatic carbocycles. The molecule has 0 radical (unpaired) electrons. The fourth-order valence-electron chi connectivity index (χ4n) is 1.67. The second-order valence-corrected chi connectivity index (χ2v) is 4.55. The fourth-order valence-corrected chi connectivity index (χ4v) is 1.67. The van der Waals surface area contributed by atoms with Crippen molar-refractivity contribution in [2.24, 2.45) is 0 Å². The van der Waals surface area contributed by atoms with Gasteiger partial charge in [-0.05, 0) is 38.1 Å². The third-order valence-electron chi connectivity index (χ3n) is 2.88. The standard InChI is InChI=1S/C14H20F3NO2/c1-10-8-12(11(2)18-3)4-5-13(10)20-7-6-19-9-14(15,16)17/h4-5,8,11,18H,6-7,9H2,1-3H3. The van der Waals surface area contributed by atoms with Gasteiger partial charge in [-0.2, -0.15) is 13.2 Å². The maximum Gasteiger partial charge on any atom is 0.411 e. The van der Waals surface area contributed by atoms with Crippen LogP contribution in [0.2, 0.25) is 0 Å². The summed E-state index contributed by atoms with van der Waals surface area (Å²) >= 11 is 0. The topological polar surface area (TPSA) is 30.5 Å². The summed E-state index contributed by atoms with van der Waals surface area (Å²) < 4.78 is 45.4. The molecule has 0 bridgehead atoms. The molecule has 0 aromatic heterocycles. The van der Waals surface area contributed by atoms with E-state index in [1.54, 1.807) is 0 Å². The van der Waals surface area contributed by atoms with Gasteiger partial charge in [0.15, 0.2) is 0 Å². The minimum absolute atomic E-state index is 0.0897. The number of benzene rings is 1. The van der Waals surface area contributed by atoms with E-state index in [1.807, 2.05) is 39.1 Å². The Kier molecular flexibility index (Phi) is 6.29. The lowest BCUT2D eigenvalue weighted by Gasteiger charge is -2.14. The van der Waals surface area contributed by atoms with Crippen molar-refractivity contribution < 1.29 is 22.6 Å². The van der Waals surface area contributed by atoms with Gasteiger partial charge in [0.2, 0.25) is 0 Å². The lowest BCUT2D eigenvalue weighted by Crippen LogP contribution is -2.19. The molecule has 0 amide bonds. The molecule has 6 heteroatoms. The maximum atomic E-state index is 11.9. The number of rotatable bonds is 7. The van der Waals surface area contributed by atoms with Crippen LogP contribution in [0.1, 0.15) is 24.1 Å². The third kappa shape index (κ3) is 5.79. The Morgan fingerprint density at radius 1 is 1.25 bits per heavy atom. The molecule has 1 N–H and O–H groups in total. The average molecular weight is 291 g/mol. The molecule has 0 spiro atoms. The van der Waals surface area contributed by atoms with Crippen molar-refractivity contribution in [1.29, 1.82) is 0 Å². The van der Waals surface area contributed by atoms with Crippen molar-refractivity contribution in [2.45, 2.75) is 26.1 Å². The smallest absolute Gasteiger partial charge is 0.411 e. The molecule has 114 valence electrons. The fraction of sp³-hybridized carbons (Fsp3) is 0.571. The van der Waals surface area contributed by atoms with E-state index in [4.69, 9.17) is 4.74 Å². The zero-order valence-corrected chi connectivity index (χ0v) is 11.9. The summed E-state index contributed by atoms with van der Waals surface area (Å²) in [5.74, 6) is 0.660. The van der Waals surface area contributed by atoms with Gasteiger partial charge in [0, 0.05) is 6.04 Å². The van der Waals surface area contributed by atoms with E-state index in [2.05, 4.69) is 10.1 Å². The molecule has 3 nitrogen and oxygen atoms in total. The van der Waals surface area contributed by atoms with Gasteiger partial charge in [-0.25, -0.2) is 0 Å². The monoisotopic (exact) mass is 291 g/mol. The van der Waals surface area contributed by atoms with Crippen LogP contribution < -0.4 is 10.1 Å². The summed E-state index contributed by atoms with van der Waals surface area (Å²) in [4.78, 5) is 0. The quantitative estimate of drug-likeness (QED) is 0.782. The van der Waals surface area contributed by atoms with Crippen molar-refractivity contribution in [2.75, 3.05) is 26.9 Å². The van der Waals surface area contributed by atoms with Crippen molar-refractivity contribution in [3.63, 3.8) is 0 Å². The average Bonchev–Trinajstić information content (AvgIpc) is 2.37. The second-order valence-electron chi connectivity index (χ2n) is 4.55. The van der Waals surface area contributed by atoms with Crippen LogP contribution in [0.5, 0.6) is 5.75 Å². The summed E-state index contributed by atoms with van der Waals surface area (Å²) in [5, 5.41) is 3.13. The largest absolute Gasteiger partial charge is 0.491 e. The normalized spacial score (nSPS) is 13.3. The highest BCUT2D eigenvalue weighted by Crippen LogP contribution is 2.22. The molecule has 1 unspecified atom stereocenters. The van der Waals surface area contributed by atoms with Crippen LogP contribution in [-0.2, 0) is 4.74 Å². The molecule has 1 rings (SSSR count). The first-order valence-electron chi connectivity index (χ1n) is 6.38. The first kappa shape index (κ1) is 16.8. The Labute approximate surface area is 117 Å². The predicted octanol–water partition coefficient (Wildman–Crippen LogP) is 3.23. The molecule has 0 saturated carbocycles. The minimum Gasteiger partial charge on any atom is -0.491 e. The van der Waals surface area contributed by atoms with Gasteiger partial charge in [0.05, 0.1) is 6.61 Å². The first-order chi connectivity index (χ1) is 9.33. The summed E-state index contributed by atoms with van der Waals surface area (Å²) in [6, 6.07) is 5.98. The van der Waals surface area contributed by atoms with Crippen molar-refractivity contribution in [1.82, 2.24) is 5.32 Å². The van der Waals surface area contributed by atoms with E-state index in [9.17, 15) is 13.2 Å². The number of hydrogen-bond donors (Lipinski definition) is 1. The Morgan fingerprint density at radius 3 is 2.50 bits per heavy atom. The van der Waals surface area contributed by atoms with Crippen LogP contribution in [-0.4, -0.2) is 33.0 Å². The SMILES string of the molecule is CNC(C)c1ccc(OCCOCC(F)(F)F)c(C)c1. The van der Waals surface area contributed by atoms with Gasteiger partial charge < -0.3 is 14.8 Å². The van der Waals surface area contributed by atoms with E-state index in [0.29, 0.717) is 5.75 Å². The van der Waals surface area contributed by atoms with E-state index in [-0.39, 0.29) is 19.3 Å². The van der Waals surface area contributed by atoms with E-state index in [0.717, 1.165) is 11.1 Å². The second kappa shape index (κ2) is 7.50. The molecule has 0 fully saturated rings. The Bertz CT molecular complexity index is 421. The molecule has 0 heterocycles. The maximum absolute atomic E-state index is 11.9. The highest BCUT2D eigenvalue weighted by molar-refractivity contribution is 5.37. The van der Waals surface area contributed by atoms with Gasteiger partial charge >= 0.3 is 6.18 Å². The van der Waals surface area contributed by atoms with Gasteiger partial charge in [0.25, 0.3) is 0 Å². The highest BCUT2D eigenvalue weighted by atomic mass is 19.4. The van der Waals surface area contributed by atoms with Crippen LogP contribution in [0.15, 0.2) is 18.2 Å². The predicted molar refractivity (Wildman–Crippen MR) is 71.0 cm³/mol. The molecule has 20 heavy (non-hydrogen) atoms. The lowest BCUT2D eigenvalue weighted by molar-refractivity contribution is -0.175. The van der Waals surface area contributed by atoms with Crippen LogP contribution in [0.3, 0.4) is 0 Å². The molecule has 1 aromatic carbocycles. The van der Waals surface area contributed by atoms with Gasteiger partial charge in [0.1, 0.15) is 19.0 Å². The molecular weight excluding hydrogens is 271 g/mol. The number of nitrogens with one attached hydrogen (secondary N) is 1. The minimum atomic E-state index is -4.29. The molecule has 0 aliphatic heterocycles. The van der Waals surface area contributed by atoms with Crippen LogP contribution in [0, 0.1) is 6.92 Å². The zero-order valence-electron chi connectivity index (χ0n) is 11.9. The summed E-state index contributed by atoms with van der Waals surface area (Å²) in [5.41, 5.74) is 2.08. The van der Waals surface area contributed by atoms with Crippen molar-refractivity contribution in [3.05, 3.63) is 29.3 Å². The lowest BCUT2D eigenvalue weighted by atomic mass is 10.1. The van der Waals surface area contributed by atoms with Crippen molar-refractivity contribution in [3.8, 4) is 5.75 Å². The van der Waals surface area contributed by atoms with Crippen LogP contribution in [0.25, 0.3) is 0 Å². The van der Waals surface area contributed by atoms with E-state index < -0.39 is 12.8 Å². The molecule has 0 saturated heterocycles. The summed E-state index contributed by atoms with van der Waals surface area (Å²) in [7, 11) is 1.88. The third-order valence-corrected chi connectivity index (χ3v) is 2.88. The van der Waals surface area contributed by atoms with E-state index >= 15 is 0 Å². The Hall–Kier alpha value is -1.27. The Morgan fingerprint density at radius 2 is 1.95 bits per heavy atom. The number of ether oxygens (including phenoxy) is 2. The first-order valence-corrected chi connectivity index (χ1v) is 6.38. The number of halogens is 3. The summed E-state index contributed by atoms with van der Waals surface area (Å²) in [6.45, 7) is 2.71. The van der Waals surface area contributed by atoms with Crippen LogP contribution >= 0.6 is 0 Å². The molecule has 0 aliphatic rings. The van der Waals surface area contributed by atoms with Gasteiger partial charge in [-0.3, -0.25) is 0 Å². The van der Waals surface area contributed by atoms with Crippen LogP contribution in [0.4, 0.5) is 13.2 Å². The zero-order chi connectivity index (χ0) is 15.2. The number of aryl methyl sites for hydroxylation is 1. The molecule has 1 aromatic rings. The molecular formula is C14H20F3NO2. The molecule has 1 atom stereocenters. The highest BCUT2D eigenvalue weighted by Gasteiger charge is 2.27. The van der Waals surface area contributed by atoms with Crippen molar-refractivity contribution >= 4 is 0 Å².